The van der Waals surface area contributed by atoms with Crippen molar-refractivity contribution in [3.8, 4) is 0 Å². The second kappa shape index (κ2) is 3.47. The van der Waals surface area contributed by atoms with Gasteiger partial charge in [0.05, 0.1) is 6.26 Å². The molecular formula is C10H17NO3S. The van der Waals surface area contributed by atoms with Crippen molar-refractivity contribution in [3.63, 3.8) is 0 Å². The van der Waals surface area contributed by atoms with Gasteiger partial charge in [0, 0.05) is 5.92 Å². The molecule has 2 unspecified atom stereocenters. The van der Waals surface area contributed by atoms with Crippen molar-refractivity contribution < 1.29 is 13.2 Å². The van der Waals surface area contributed by atoms with Gasteiger partial charge in [-0.3, -0.25) is 9.52 Å². The molecule has 0 aliphatic heterocycles. The van der Waals surface area contributed by atoms with Crippen LogP contribution in [-0.2, 0) is 14.8 Å². The molecule has 0 saturated heterocycles. The minimum Gasteiger partial charge on any atom is -0.274 e. The second-order valence-corrected chi connectivity index (χ2v) is 6.80. The van der Waals surface area contributed by atoms with Crippen LogP contribution in [0.3, 0.4) is 0 Å². The zero-order valence-corrected chi connectivity index (χ0v) is 9.88. The lowest BCUT2D eigenvalue weighted by Crippen LogP contribution is -2.48. The first kappa shape index (κ1) is 10.9. The maximum Gasteiger partial charge on any atom is 0.236 e. The SMILES string of the molecule is CC1CC(C(=O)NS(C)(=O)=O)C2CC1C2. The first-order valence-electron chi connectivity index (χ1n) is 5.38. The smallest absolute Gasteiger partial charge is 0.236 e. The summed E-state index contributed by atoms with van der Waals surface area (Å²) in [6, 6.07) is 0. The lowest BCUT2D eigenvalue weighted by Gasteiger charge is -2.49. The molecule has 2 atom stereocenters. The molecule has 0 heterocycles. The van der Waals surface area contributed by atoms with E-state index in [2.05, 4.69) is 11.6 Å². The molecule has 1 amide bonds. The van der Waals surface area contributed by atoms with Gasteiger partial charge in [-0.2, -0.15) is 0 Å². The minimum atomic E-state index is -3.40. The van der Waals surface area contributed by atoms with Crippen LogP contribution in [0.5, 0.6) is 0 Å². The highest BCUT2D eigenvalue weighted by atomic mass is 32.2. The fraction of sp³-hybridized carbons (Fsp3) is 0.900. The molecule has 0 aromatic carbocycles. The quantitative estimate of drug-likeness (QED) is 0.762. The number of nitrogens with one attached hydrogen (secondary N) is 1. The van der Waals surface area contributed by atoms with Gasteiger partial charge in [0.25, 0.3) is 0 Å². The summed E-state index contributed by atoms with van der Waals surface area (Å²) in [5.41, 5.74) is 0. The van der Waals surface area contributed by atoms with E-state index in [1.807, 2.05) is 0 Å². The van der Waals surface area contributed by atoms with E-state index < -0.39 is 10.0 Å². The normalized spacial score (nSPS) is 39.3. The van der Waals surface area contributed by atoms with Crippen molar-refractivity contribution >= 4 is 15.9 Å². The Morgan fingerprint density at radius 1 is 1.20 bits per heavy atom. The van der Waals surface area contributed by atoms with Crippen LogP contribution in [0, 0.1) is 23.7 Å². The number of carbonyl (C=O) groups excluding carboxylic acids is 1. The zero-order chi connectivity index (χ0) is 11.2. The number of amides is 1. The lowest BCUT2D eigenvalue weighted by atomic mass is 9.56. The molecule has 3 saturated carbocycles. The highest BCUT2D eigenvalue weighted by Gasteiger charge is 2.47. The van der Waals surface area contributed by atoms with Crippen LogP contribution in [0.1, 0.15) is 26.2 Å². The summed E-state index contributed by atoms with van der Waals surface area (Å²) in [5.74, 6) is 1.38. The summed E-state index contributed by atoms with van der Waals surface area (Å²) >= 11 is 0. The Balaban J connectivity index is 2.01. The maximum absolute atomic E-state index is 11.7. The monoisotopic (exact) mass is 231 g/mol. The highest BCUT2D eigenvalue weighted by molar-refractivity contribution is 7.89. The lowest BCUT2D eigenvalue weighted by molar-refractivity contribution is -0.132. The molecule has 3 fully saturated rings. The number of hydrogen-bond donors (Lipinski definition) is 1. The molecule has 86 valence electrons. The highest BCUT2D eigenvalue weighted by Crippen LogP contribution is 2.51. The van der Waals surface area contributed by atoms with Crippen molar-refractivity contribution in [1.29, 1.82) is 0 Å². The molecule has 0 aromatic heterocycles. The fourth-order valence-electron chi connectivity index (χ4n) is 2.87. The van der Waals surface area contributed by atoms with Crippen molar-refractivity contribution in [1.82, 2.24) is 4.72 Å². The van der Waals surface area contributed by atoms with Gasteiger partial charge in [0.15, 0.2) is 0 Å². The molecule has 2 bridgehead atoms. The molecule has 0 radical (unpaired) electrons. The Morgan fingerprint density at radius 2 is 1.80 bits per heavy atom. The number of fused-ring (bicyclic) bond motifs is 2. The Kier molecular flexibility index (Phi) is 2.53. The summed E-state index contributed by atoms with van der Waals surface area (Å²) in [6.07, 6.45) is 4.07. The van der Waals surface area contributed by atoms with Gasteiger partial charge >= 0.3 is 0 Å². The topological polar surface area (TPSA) is 63.2 Å². The molecule has 0 aromatic rings. The van der Waals surface area contributed by atoms with E-state index in [0.717, 1.165) is 31.4 Å². The molecule has 4 nitrogen and oxygen atoms in total. The molecule has 3 aliphatic carbocycles. The Morgan fingerprint density at radius 3 is 2.27 bits per heavy atom. The molecule has 1 N–H and O–H groups in total. The van der Waals surface area contributed by atoms with Crippen LogP contribution >= 0.6 is 0 Å². The van der Waals surface area contributed by atoms with Crippen LogP contribution in [-0.4, -0.2) is 20.6 Å². The van der Waals surface area contributed by atoms with Crippen LogP contribution in [0.15, 0.2) is 0 Å². The van der Waals surface area contributed by atoms with E-state index in [-0.39, 0.29) is 11.8 Å². The van der Waals surface area contributed by atoms with Crippen molar-refractivity contribution in [3.05, 3.63) is 0 Å². The van der Waals surface area contributed by atoms with E-state index in [9.17, 15) is 13.2 Å². The first-order valence-corrected chi connectivity index (χ1v) is 7.27. The summed E-state index contributed by atoms with van der Waals surface area (Å²) in [7, 11) is -3.40. The van der Waals surface area contributed by atoms with Crippen LogP contribution < -0.4 is 4.72 Å². The van der Waals surface area contributed by atoms with Crippen LogP contribution in [0.25, 0.3) is 0 Å². The van der Waals surface area contributed by atoms with E-state index >= 15 is 0 Å². The van der Waals surface area contributed by atoms with Gasteiger partial charge in [-0.25, -0.2) is 8.42 Å². The van der Waals surface area contributed by atoms with E-state index in [4.69, 9.17) is 0 Å². The Bertz CT molecular complexity index is 370. The van der Waals surface area contributed by atoms with Crippen LogP contribution in [0.2, 0.25) is 0 Å². The van der Waals surface area contributed by atoms with E-state index in [1.165, 1.54) is 0 Å². The van der Waals surface area contributed by atoms with Crippen LogP contribution in [0.4, 0.5) is 0 Å². The minimum absolute atomic E-state index is 0.0836. The average molecular weight is 231 g/mol. The van der Waals surface area contributed by atoms with Gasteiger partial charge in [0.1, 0.15) is 0 Å². The number of sulfonamides is 1. The Labute approximate surface area is 90.5 Å². The largest absolute Gasteiger partial charge is 0.274 e. The summed E-state index contributed by atoms with van der Waals surface area (Å²) < 4.78 is 24.0. The first-order chi connectivity index (χ1) is 6.87. The summed E-state index contributed by atoms with van der Waals surface area (Å²) in [5, 5.41) is 0. The predicted octanol–water partition coefficient (Wildman–Crippen LogP) is 0.744. The van der Waals surface area contributed by atoms with Gasteiger partial charge in [0.2, 0.25) is 15.9 Å². The molecular weight excluding hydrogens is 214 g/mol. The molecule has 15 heavy (non-hydrogen) atoms. The Hall–Kier alpha value is -0.580. The van der Waals surface area contributed by atoms with Crippen molar-refractivity contribution in [2.45, 2.75) is 26.2 Å². The third-order valence-corrected chi connectivity index (χ3v) is 4.41. The van der Waals surface area contributed by atoms with Gasteiger partial charge < -0.3 is 0 Å². The molecule has 3 rings (SSSR count). The molecule has 5 heteroatoms. The second-order valence-electron chi connectivity index (χ2n) is 5.05. The van der Waals surface area contributed by atoms with Crippen molar-refractivity contribution in [2.24, 2.45) is 23.7 Å². The number of rotatable bonds is 2. The third-order valence-electron chi connectivity index (χ3n) is 3.83. The van der Waals surface area contributed by atoms with E-state index in [1.54, 1.807) is 0 Å². The molecule has 3 aliphatic rings. The summed E-state index contributed by atoms with van der Waals surface area (Å²) in [4.78, 5) is 11.7. The van der Waals surface area contributed by atoms with E-state index in [0.29, 0.717) is 11.8 Å². The average Bonchev–Trinajstić information content (AvgIpc) is 1.97. The number of hydrogen-bond acceptors (Lipinski definition) is 3. The molecule has 0 spiro atoms. The van der Waals surface area contributed by atoms with Crippen molar-refractivity contribution in [2.75, 3.05) is 6.26 Å². The third kappa shape index (κ3) is 2.17. The van der Waals surface area contributed by atoms with Gasteiger partial charge in [-0.15, -0.1) is 0 Å². The van der Waals surface area contributed by atoms with Gasteiger partial charge in [-0.05, 0) is 37.0 Å². The maximum atomic E-state index is 11.7. The standard InChI is InChI=1S/C10H17NO3S/c1-6-3-9(8-4-7(6)5-8)10(12)11-15(2,13)14/h6-9H,3-5H2,1-2H3,(H,11,12). The zero-order valence-electron chi connectivity index (χ0n) is 9.06. The summed E-state index contributed by atoms with van der Waals surface area (Å²) in [6.45, 7) is 2.15. The fourth-order valence-corrected chi connectivity index (χ4v) is 3.38. The predicted molar refractivity (Wildman–Crippen MR) is 56.5 cm³/mol. The number of carbonyl (C=O) groups is 1. The van der Waals surface area contributed by atoms with Gasteiger partial charge in [-0.1, -0.05) is 6.92 Å².